The fourth-order valence-corrected chi connectivity index (χ4v) is 0.666. The van der Waals surface area contributed by atoms with E-state index in [0.29, 0.717) is 0 Å². The third kappa shape index (κ3) is 2.62. The smallest absolute Gasteiger partial charge is 0.149 e. The van der Waals surface area contributed by atoms with Gasteiger partial charge < -0.3 is 0 Å². The van der Waals surface area contributed by atoms with E-state index < -0.39 is 0 Å². The Hall–Kier alpha value is -0.850. The van der Waals surface area contributed by atoms with Crippen molar-refractivity contribution in [2.24, 2.45) is 0 Å². The Morgan fingerprint density at radius 1 is 1.50 bits per heavy atom. The van der Waals surface area contributed by atoms with Crippen molar-refractivity contribution in [3.8, 4) is 0 Å². The predicted octanol–water partition coefficient (Wildman–Crippen LogP) is 2.49. The lowest BCUT2D eigenvalue weighted by Crippen LogP contribution is -1.84. The Morgan fingerprint density at radius 3 is 2.40 bits per heavy atom. The molecular weight excluding hydrogens is 124 g/mol. The van der Waals surface area contributed by atoms with Gasteiger partial charge in [0.15, 0.2) is 0 Å². The molecule has 10 heavy (non-hydrogen) atoms. The van der Waals surface area contributed by atoms with Crippen LogP contribution in [0, 0.1) is 0 Å². The zero-order valence-electron chi connectivity index (χ0n) is 6.85. The lowest BCUT2D eigenvalue weighted by atomic mass is 10.1. The number of hydrogen-bond acceptors (Lipinski definition) is 1. The normalized spacial score (nSPS) is 13.5. The van der Waals surface area contributed by atoms with Crippen molar-refractivity contribution >= 4 is 6.29 Å². The summed E-state index contributed by atoms with van der Waals surface area (Å²) < 4.78 is 0. The van der Waals surface area contributed by atoms with Crippen LogP contribution in [0.2, 0.25) is 0 Å². The first-order chi connectivity index (χ1) is 4.76. The highest BCUT2D eigenvalue weighted by atomic mass is 16.1. The fraction of sp³-hybridized carbons (Fsp3) is 0.444. The second-order valence-corrected chi connectivity index (χ2v) is 2.21. The van der Waals surface area contributed by atoms with Crippen LogP contribution in [0.3, 0.4) is 0 Å². The summed E-state index contributed by atoms with van der Waals surface area (Å²) in [6, 6.07) is 0. The number of aldehydes is 1. The second-order valence-electron chi connectivity index (χ2n) is 2.21. The number of carbonyl (C=O) groups excluding carboxylic acids is 1. The molecule has 0 radical (unpaired) electrons. The molecule has 0 rings (SSSR count). The minimum Gasteiger partial charge on any atom is -0.298 e. The van der Waals surface area contributed by atoms with Crippen molar-refractivity contribution < 1.29 is 4.79 Å². The standard InChI is InChI=1S/C9H14O/c1-4-6-9(7-10)8(3)5-2/h4,6-7H,5H2,1-3H3/b6-4+,9-8-. The Balaban J connectivity index is 4.44. The third-order valence-corrected chi connectivity index (χ3v) is 1.50. The summed E-state index contributed by atoms with van der Waals surface area (Å²) in [5.41, 5.74) is 1.96. The van der Waals surface area contributed by atoms with Crippen molar-refractivity contribution in [3.05, 3.63) is 23.3 Å². The van der Waals surface area contributed by atoms with Crippen LogP contribution in [0.25, 0.3) is 0 Å². The predicted molar refractivity (Wildman–Crippen MR) is 43.9 cm³/mol. The van der Waals surface area contributed by atoms with Crippen LogP contribution in [-0.2, 0) is 4.79 Å². The van der Waals surface area contributed by atoms with Crippen LogP contribution in [0.4, 0.5) is 0 Å². The maximum absolute atomic E-state index is 10.4. The fourth-order valence-electron chi connectivity index (χ4n) is 0.666. The van der Waals surface area contributed by atoms with Crippen molar-refractivity contribution in [3.63, 3.8) is 0 Å². The van der Waals surface area contributed by atoms with Gasteiger partial charge in [-0.05, 0) is 20.3 Å². The van der Waals surface area contributed by atoms with Gasteiger partial charge in [-0.1, -0.05) is 24.6 Å². The molecule has 0 spiro atoms. The average molecular weight is 138 g/mol. The maximum atomic E-state index is 10.4. The first kappa shape index (κ1) is 9.15. The highest BCUT2D eigenvalue weighted by Gasteiger charge is 1.92. The van der Waals surface area contributed by atoms with Crippen molar-refractivity contribution in [2.75, 3.05) is 0 Å². The lowest BCUT2D eigenvalue weighted by molar-refractivity contribution is -0.104. The molecular formula is C9H14O. The molecule has 0 atom stereocenters. The number of allylic oxidation sites excluding steroid dienone is 4. The third-order valence-electron chi connectivity index (χ3n) is 1.50. The summed E-state index contributed by atoms with van der Waals surface area (Å²) in [7, 11) is 0. The van der Waals surface area contributed by atoms with E-state index in [0.717, 1.165) is 23.9 Å². The molecule has 56 valence electrons. The Morgan fingerprint density at radius 2 is 2.10 bits per heavy atom. The molecule has 0 saturated carbocycles. The Labute approximate surface area is 62.4 Å². The molecule has 0 heterocycles. The van der Waals surface area contributed by atoms with E-state index in [-0.39, 0.29) is 0 Å². The van der Waals surface area contributed by atoms with Crippen molar-refractivity contribution in [1.82, 2.24) is 0 Å². The quantitative estimate of drug-likeness (QED) is 0.332. The summed E-state index contributed by atoms with van der Waals surface area (Å²) in [4.78, 5) is 10.4. The van der Waals surface area contributed by atoms with Gasteiger partial charge in [-0.15, -0.1) is 0 Å². The van der Waals surface area contributed by atoms with E-state index in [9.17, 15) is 4.79 Å². The second kappa shape index (κ2) is 4.98. The monoisotopic (exact) mass is 138 g/mol. The largest absolute Gasteiger partial charge is 0.298 e. The van der Waals surface area contributed by atoms with Crippen LogP contribution in [-0.4, -0.2) is 6.29 Å². The molecule has 0 aliphatic carbocycles. The average Bonchev–Trinajstić information content (AvgIpc) is 1.99. The van der Waals surface area contributed by atoms with Crippen LogP contribution in [0.5, 0.6) is 0 Å². The first-order valence-electron chi connectivity index (χ1n) is 3.53. The van der Waals surface area contributed by atoms with E-state index in [1.165, 1.54) is 0 Å². The van der Waals surface area contributed by atoms with Gasteiger partial charge in [-0.3, -0.25) is 4.79 Å². The molecule has 0 fully saturated rings. The number of carbonyl (C=O) groups is 1. The van der Waals surface area contributed by atoms with Gasteiger partial charge in [0, 0.05) is 5.57 Å². The number of hydrogen-bond donors (Lipinski definition) is 0. The molecule has 1 heteroatoms. The van der Waals surface area contributed by atoms with E-state index in [4.69, 9.17) is 0 Å². The molecule has 0 N–H and O–H groups in total. The van der Waals surface area contributed by atoms with Crippen LogP contribution in [0.15, 0.2) is 23.3 Å². The summed E-state index contributed by atoms with van der Waals surface area (Å²) >= 11 is 0. The number of rotatable bonds is 3. The van der Waals surface area contributed by atoms with Gasteiger partial charge in [0.25, 0.3) is 0 Å². The molecule has 0 aromatic rings. The topological polar surface area (TPSA) is 17.1 Å². The van der Waals surface area contributed by atoms with Crippen LogP contribution >= 0.6 is 0 Å². The van der Waals surface area contributed by atoms with Gasteiger partial charge in [-0.2, -0.15) is 0 Å². The zero-order chi connectivity index (χ0) is 7.98. The van der Waals surface area contributed by atoms with E-state index in [2.05, 4.69) is 0 Å². The molecule has 0 saturated heterocycles. The van der Waals surface area contributed by atoms with Crippen molar-refractivity contribution in [2.45, 2.75) is 27.2 Å². The van der Waals surface area contributed by atoms with Crippen LogP contribution < -0.4 is 0 Å². The van der Waals surface area contributed by atoms with Crippen molar-refractivity contribution in [1.29, 1.82) is 0 Å². The van der Waals surface area contributed by atoms with Gasteiger partial charge in [0.2, 0.25) is 0 Å². The summed E-state index contributed by atoms with van der Waals surface area (Å²) in [6.45, 7) is 5.93. The minimum absolute atomic E-state index is 0.810. The van der Waals surface area contributed by atoms with Gasteiger partial charge >= 0.3 is 0 Å². The van der Waals surface area contributed by atoms with Gasteiger partial charge in [0.1, 0.15) is 6.29 Å². The zero-order valence-corrected chi connectivity index (χ0v) is 6.85. The maximum Gasteiger partial charge on any atom is 0.149 e. The molecule has 0 aliphatic heterocycles. The Bertz CT molecular complexity index is 164. The SMILES string of the molecule is C/C=C/C(C=O)=C(\C)CC. The molecule has 0 unspecified atom stereocenters. The van der Waals surface area contributed by atoms with Crippen LogP contribution in [0.1, 0.15) is 27.2 Å². The summed E-state index contributed by atoms with van der Waals surface area (Å²) in [5.74, 6) is 0. The van der Waals surface area contributed by atoms with E-state index in [1.54, 1.807) is 0 Å². The Kier molecular flexibility index (Phi) is 4.55. The van der Waals surface area contributed by atoms with E-state index >= 15 is 0 Å². The highest BCUT2D eigenvalue weighted by Crippen LogP contribution is 2.06. The molecule has 0 bridgehead atoms. The summed E-state index contributed by atoms with van der Waals surface area (Å²) in [5, 5.41) is 0. The molecule has 0 aromatic heterocycles. The van der Waals surface area contributed by atoms with Gasteiger partial charge in [-0.25, -0.2) is 0 Å². The molecule has 0 aliphatic rings. The first-order valence-corrected chi connectivity index (χ1v) is 3.53. The molecule has 0 amide bonds. The lowest BCUT2D eigenvalue weighted by Gasteiger charge is -1.96. The van der Waals surface area contributed by atoms with E-state index in [1.807, 2.05) is 32.9 Å². The summed E-state index contributed by atoms with van der Waals surface area (Å²) in [6.07, 6.45) is 5.56. The molecule has 1 nitrogen and oxygen atoms in total. The minimum atomic E-state index is 0.810. The van der Waals surface area contributed by atoms with Gasteiger partial charge in [0.05, 0.1) is 0 Å². The highest BCUT2D eigenvalue weighted by molar-refractivity contribution is 5.78. The molecule has 0 aromatic carbocycles.